The Labute approximate surface area is 410 Å². The normalized spacial score (nSPS) is 24.3. The molecular formula is C48H48Cl2N5O10PS2. The molecule has 15 nitrogen and oxygen atoms in total. The second-order valence-corrected chi connectivity index (χ2v) is 23.0. The van der Waals surface area contributed by atoms with Crippen LogP contribution in [0, 0.1) is 16.2 Å². The summed E-state index contributed by atoms with van der Waals surface area (Å²) in [5.41, 5.74) is 0.803. The maximum Gasteiger partial charge on any atom is 0.524 e. The van der Waals surface area contributed by atoms with E-state index in [-0.39, 0.29) is 78.4 Å². The number of carbonyl (C=O) groups is 4. The maximum absolute atomic E-state index is 15.0. The minimum absolute atomic E-state index is 0.0129. The van der Waals surface area contributed by atoms with Crippen LogP contribution in [0.5, 0.6) is 11.5 Å². The van der Waals surface area contributed by atoms with Gasteiger partial charge < -0.3 is 33.6 Å². The minimum atomic E-state index is -4.94. The topological polar surface area (TPSA) is 179 Å². The number of nitrogens with zero attached hydrogens (tertiary/aromatic N) is 5. The highest BCUT2D eigenvalue weighted by Gasteiger charge is 3.01. The molecule has 3 fully saturated rings. The first-order valence-electron chi connectivity index (χ1n) is 22.2. The molecule has 68 heavy (non-hydrogen) atoms. The molecule has 3 heterocycles. The highest BCUT2D eigenvalue weighted by atomic mass is 35.5. The van der Waals surface area contributed by atoms with Crippen molar-refractivity contribution in [3.8, 4) is 11.5 Å². The highest BCUT2D eigenvalue weighted by molar-refractivity contribution is 8.76. The van der Waals surface area contributed by atoms with Crippen LogP contribution in [-0.2, 0) is 18.9 Å². The summed E-state index contributed by atoms with van der Waals surface area (Å²) in [4.78, 5) is 86.4. The number of phosphoric acid groups is 1. The monoisotopic (exact) mass is 1020 g/mol. The van der Waals surface area contributed by atoms with Crippen LogP contribution in [0.3, 0.4) is 0 Å². The SMILES string of the molecule is C[C@H](COC(=O)N(C)CCN(C)C(=O)Oc1cc2c(c3ccccc13)[C@H](CCl)CN2C(=O)C12CC3(C(=O)N4C[C@@H](CCl)c5c4cc(OP(=O)(O)O)c4ccccc54)CC13C2)SSc1ccccn1. The van der Waals surface area contributed by atoms with Crippen LogP contribution in [0.1, 0.15) is 49.1 Å². The number of halogens is 2. The third-order valence-corrected chi connectivity index (χ3v) is 18.5. The number of rotatable bonds is 15. The van der Waals surface area contributed by atoms with Gasteiger partial charge in [0, 0.05) is 104 Å². The van der Waals surface area contributed by atoms with Gasteiger partial charge in [0.05, 0.1) is 22.2 Å². The van der Waals surface area contributed by atoms with E-state index in [0.717, 1.165) is 21.5 Å². The average molecular weight is 1020 g/mol. The van der Waals surface area contributed by atoms with E-state index >= 15 is 0 Å². The summed E-state index contributed by atoms with van der Waals surface area (Å²) in [5.74, 6) is 0.0689. The van der Waals surface area contributed by atoms with Crippen LogP contribution >= 0.6 is 52.6 Å². The van der Waals surface area contributed by atoms with Crippen molar-refractivity contribution in [1.82, 2.24) is 14.8 Å². The fourth-order valence-corrected chi connectivity index (χ4v) is 13.9. The third kappa shape index (κ3) is 7.76. The molecule has 5 aliphatic rings. The van der Waals surface area contributed by atoms with Gasteiger partial charge in [-0.3, -0.25) is 19.4 Å². The van der Waals surface area contributed by atoms with Crippen molar-refractivity contribution < 1.29 is 47.5 Å². The number of fused-ring (bicyclic) bond motifs is 6. The largest absolute Gasteiger partial charge is 0.524 e. The smallest absolute Gasteiger partial charge is 0.448 e. The first-order valence-corrected chi connectivity index (χ1v) is 27.0. The molecule has 356 valence electrons. The van der Waals surface area contributed by atoms with E-state index in [9.17, 15) is 33.5 Å². The number of aromatic nitrogens is 1. The van der Waals surface area contributed by atoms with Crippen LogP contribution in [0.2, 0.25) is 0 Å². The number of ether oxygens (including phenoxy) is 2. The predicted octanol–water partition coefficient (Wildman–Crippen LogP) is 9.40. The third-order valence-electron chi connectivity index (χ3n) is 14.5. The van der Waals surface area contributed by atoms with E-state index in [2.05, 4.69) is 4.98 Å². The van der Waals surface area contributed by atoms with Crippen LogP contribution in [0.4, 0.5) is 21.0 Å². The van der Waals surface area contributed by atoms with Crippen LogP contribution in [0.15, 0.2) is 90.1 Å². The number of likely N-dealkylation sites (N-methyl/N-ethyl adjacent to an activating group) is 2. The van der Waals surface area contributed by atoms with Gasteiger partial charge in [-0.2, -0.15) is 0 Å². The summed E-state index contributed by atoms with van der Waals surface area (Å²) in [6.45, 7) is 3.12. The summed E-state index contributed by atoms with van der Waals surface area (Å²) in [5, 5.41) is 3.58. The summed E-state index contributed by atoms with van der Waals surface area (Å²) in [6.07, 6.45) is 2.02. The second-order valence-electron chi connectivity index (χ2n) is 18.5. The molecule has 0 bridgehead atoms. The number of benzene rings is 4. The quantitative estimate of drug-likeness (QED) is 0.0576. The molecule has 4 aromatic carbocycles. The number of anilines is 2. The molecule has 2 N–H and O–H groups in total. The molecule has 3 saturated carbocycles. The zero-order valence-corrected chi connectivity index (χ0v) is 41.3. The van der Waals surface area contributed by atoms with Gasteiger partial charge in [-0.05, 0) is 71.0 Å². The molecule has 5 aromatic rings. The van der Waals surface area contributed by atoms with Gasteiger partial charge in [-0.15, -0.1) is 23.2 Å². The molecule has 0 saturated heterocycles. The standard InChI is InChI=1S/C48H48Cl2N5O10PS2/c1-28(67-68-39-14-8-9-15-51-39)24-63-44(58)52(2)16-17-53(3)45(59)64-37-18-35-40(33-12-6-4-10-31(33)37)29(20-49)22-54(35)42(56)46-25-47(27-48(46,47)26-46)43(57)55-23-30(21-50)41-34-13-7-5-11-32(34)38(19-36(41)55)65-66(60,61)62/h4-15,18-19,28-30H,16-17,20-27H2,1-3H3,(H2,60,61,62)/t28-,29-,30-,46?,47?,48?/m1/s1. The van der Waals surface area contributed by atoms with Gasteiger partial charge in [-0.1, -0.05) is 65.4 Å². The van der Waals surface area contributed by atoms with Crippen molar-refractivity contribution in [2.24, 2.45) is 16.2 Å². The number of phosphoric ester groups is 1. The summed E-state index contributed by atoms with van der Waals surface area (Å²) < 4.78 is 28.8. The van der Waals surface area contributed by atoms with E-state index in [1.807, 2.05) is 61.5 Å². The van der Waals surface area contributed by atoms with E-state index in [0.29, 0.717) is 53.3 Å². The van der Waals surface area contributed by atoms with E-state index in [1.165, 1.54) is 26.7 Å². The molecule has 3 aliphatic carbocycles. The van der Waals surface area contributed by atoms with Crippen molar-refractivity contribution >= 4 is 110 Å². The van der Waals surface area contributed by atoms with Crippen molar-refractivity contribution in [1.29, 1.82) is 0 Å². The highest BCUT2D eigenvalue weighted by Crippen LogP contribution is 3.01. The number of alkyl halides is 2. The Kier molecular flexibility index (Phi) is 12.1. The van der Waals surface area contributed by atoms with Crippen LogP contribution in [0.25, 0.3) is 21.5 Å². The Hall–Kier alpha value is -4.74. The Bertz CT molecular complexity index is 2950. The lowest BCUT2D eigenvalue weighted by molar-refractivity contribution is -0.134. The van der Waals surface area contributed by atoms with Gasteiger partial charge in [0.1, 0.15) is 23.1 Å². The second kappa shape index (κ2) is 17.6. The summed E-state index contributed by atoms with van der Waals surface area (Å²) >= 11 is 13.2. The van der Waals surface area contributed by atoms with E-state index in [1.54, 1.807) is 59.1 Å². The molecule has 2 aliphatic heterocycles. The first-order chi connectivity index (χ1) is 32.5. The Morgan fingerprint density at radius 3 is 1.81 bits per heavy atom. The number of amides is 4. The molecule has 1 aromatic heterocycles. The van der Waals surface area contributed by atoms with Gasteiger partial charge in [-0.25, -0.2) is 19.1 Å². The fraction of sp³-hybridized carbons (Fsp3) is 0.396. The molecule has 6 atom stereocenters. The van der Waals surface area contributed by atoms with Gasteiger partial charge >= 0.3 is 20.0 Å². The van der Waals surface area contributed by atoms with Crippen LogP contribution in [-0.4, -0.2) is 112 Å². The fourth-order valence-electron chi connectivity index (χ4n) is 11.2. The zero-order chi connectivity index (χ0) is 47.9. The average Bonchev–Trinajstić information content (AvgIpc) is 3.84. The van der Waals surface area contributed by atoms with Crippen LogP contribution < -0.4 is 19.1 Å². The number of hydrogen-bond acceptors (Lipinski definition) is 11. The Balaban J connectivity index is 0.830. The van der Waals surface area contributed by atoms with Gasteiger partial charge in [0.2, 0.25) is 11.8 Å². The zero-order valence-electron chi connectivity index (χ0n) is 37.3. The minimum Gasteiger partial charge on any atom is -0.448 e. The van der Waals surface area contributed by atoms with E-state index in [4.69, 9.17) is 37.2 Å². The molecule has 10 rings (SSSR count). The van der Waals surface area contributed by atoms with Crippen molar-refractivity contribution in [3.05, 3.63) is 96.2 Å². The Morgan fingerprint density at radius 2 is 1.29 bits per heavy atom. The van der Waals surface area contributed by atoms with Crippen molar-refractivity contribution in [3.63, 3.8) is 0 Å². The van der Waals surface area contributed by atoms with Gasteiger partial charge in [0.25, 0.3) is 0 Å². The molecule has 1 spiro atoms. The Morgan fingerprint density at radius 1 is 0.779 bits per heavy atom. The number of carbonyl (C=O) groups excluding carboxylic acids is 4. The van der Waals surface area contributed by atoms with Crippen molar-refractivity contribution in [2.75, 3.05) is 68.4 Å². The molecule has 0 radical (unpaired) electrons. The lowest BCUT2D eigenvalue weighted by atomic mass is 9.72. The van der Waals surface area contributed by atoms with Crippen molar-refractivity contribution in [2.45, 2.75) is 48.3 Å². The number of pyridine rings is 1. The predicted molar refractivity (Wildman–Crippen MR) is 263 cm³/mol. The molecule has 4 amide bonds. The van der Waals surface area contributed by atoms with Gasteiger partial charge in [0.15, 0.2) is 0 Å². The summed E-state index contributed by atoms with van der Waals surface area (Å²) in [6, 6.07) is 23.6. The molecular weight excluding hydrogens is 973 g/mol. The molecule has 3 unspecified atom stereocenters. The maximum atomic E-state index is 15.0. The molecule has 20 heteroatoms. The lowest BCUT2D eigenvalue weighted by Crippen LogP contribution is -2.49. The lowest BCUT2D eigenvalue weighted by Gasteiger charge is -2.37. The van der Waals surface area contributed by atoms with E-state index < -0.39 is 36.3 Å². The number of hydrogen-bond donors (Lipinski definition) is 2. The first kappa shape index (κ1) is 47.0. The summed E-state index contributed by atoms with van der Waals surface area (Å²) in [7, 11) is 1.32.